The summed E-state index contributed by atoms with van der Waals surface area (Å²) < 4.78 is 0. The van der Waals surface area contributed by atoms with E-state index in [2.05, 4.69) is 55.5 Å². The highest BCUT2D eigenvalue weighted by Crippen LogP contribution is 2.18. The van der Waals surface area contributed by atoms with E-state index < -0.39 is 0 Å². The van der Waals surface area contributed by atoms with E-state index in [9.17, 15) is 0 Å². The Morgan fingerprint density at radius 3 is 1.47 bits per heavy atom. The maximum Gasteiger partial charge on any atom is -0.0184 e. The van der Waals surface area contributed by atoms with Gasteiger partial charge in [-0.3, -0.25) is 0 Å². The van der Waals surface area contributed by atoms with Crippen LogP contribution < -0.4 is 0 Å². The van der Waals surface area contributed by atoms with Gasteiger partial charge in [0.2, 0.25) is 0 Å². The second-order valence-corrected chi connectivity index (χ2v) is 3.23. The van der Waals surface area contributed by atoms with Crippen molar-refractivity contribution in [2.75, 3.05) is 0 Å². The van der Waals surface area contributed by atoms with Crippen LogP contribution in [0.3, 0.4) is 0 Å². The van der Waals surface area contributed by atoms with Gasteiger partial charge >= 0.3 is 0 Å². The molecule has 0 radical (unpaired) electrons. The summed E-state index contributed by atoms with van der Waals surface area (Å²) in [7, 11) is 0. The van der Waals surface area contributed by atoms with E-state index >= 15 is 0 Å². The standard InChI is InChI=1S/C13H12.C2H6.2CH4/c1-11-7-9-13(10-8-11)12-5-3-2-4-6-12;1-2;;/h2-10H,1H3;1-2H3;2*1H4. The molecule has 0 bridgehead atoms. The number of benzene rings is 2. The smallest absolute Gasteiger partial charge is 0.0184 e. The van der Waals surface area contributed by atoms with E-state index in [1.807, 2.05) is 19.9 Å². The van der Waals surface area contributed by atoms with Crippen molar-refractivity contribution >= 4 is 0 Å². The first kappa shape index (κ1) is 17.8. The van der Waals surface area contributed by atoms with Crippen LogP contribution in [-0.4, -0.2) is 0 Å². The molecule has 2 aromatic carbocycles. The first-order valence-electron chi connectivity index (χ1n) is 5.48. The maximum atomic E-state index is 2.16. The Morgan fingerprint density at radius 1 is 0.588 bits per heavy atom. The van der Waals surface area contributed by atoms with Crippen LogP contribution in [0.5, 0.6) is 0 Å². The zero-order valence-corrected chi connectivity index (χ0v) is 9.70. The Morgan fingerprint density at radius 2 is 1.00 bits per heavy atom. The van der Waals surface area contributed by atoms with E-state index in [0.717, 1.165) is 0 Å². The molecule has 0 saturated carbocycles. The third kappa shape index (κ3) is 5.35. The molecule has 0 saturated heterocycles. The van der Waals surface area contributed by atoms with Gasteiger partial charge in [0.15, 0.2) is 0 Å². The molecule has 0 heterocycles. The van der Waals surface area contributed by atoms with Crippen molar-refractivity contribution in [1.82, 2.24) is 0 Å². The van der Waals surface area contributed by atoms with Crippen LogP contribution in [-0.2, 0) is 0 Å². The van der Waals surface area contributed by atoms with E-state index in [0.29, 0.717) is 0 Å². The highest BCUT2D eigenvalue weighted by molar-refractivity contribution is 5.63. The maximum absolute atomic E-state index is 2.16. The number of hydrogen-bond acceptors (Lipinski definition) is 0. The fourth-order valence-electron chi connectivity index (χ4n) is 1.38. The first-order valence-corrected chi connectivity index (χ1v) is 5.48. The van der Waals surface area contributed by atoms with Crippen LogP contribution >= 0.6 is 0 Å². The topological polar surface area (TPSA) is 0 Å². The van der Waals surface area contributed by atoms with Crippen LogP contribution in [0.15, 0.2) is 54.6 Å². The molecule has 0 atom stereocenters. The SMILES string of the molecule is C.C.CC.Cc1ccc(-c2ccccc2)cc1. The lowest BCUT2D eigenvalue weighted by Gasteiger charge is -2.00. The van der Waals surface area contributed by atoms with Crippen molar-refractivity contribution in [2.45, 2.75) is 35.6 Å². The predicted molar refractivity (Wildman–Crippen MR) is 81.4 cm³/mol. The summed E-state index contributed by atoms with van der Waals surface area (Å²) in [6.45, 7) is 6.11. The molecule has 0 heteroatoms. The van der Waals surface area contributed by atoms with E-state index in [1.54, 1.807) is 0 Å². The Hall–Kier alpha value is -1.56. The average molecular weight is 230 g/mol. The monoisotopic (exact) mass is 230 g/mol. The minimum Gasteiger partial charge on any atom is -0.0776 e. The van der Waals surface area contributed by atoms with Crippen molar-refractivity contribution in [3.05, 3.63) is 60.2 Å². The van der Waals surface area contributed by atoms with Crippen molar-refractivity contribution in [3.63, 3.8) is 0 Å². The molecular weight excluding hydrogens is 204 g/mol. The van der Waals surface area contributed by atoms with Gasteiger partial charge in [0.1, 0.15) is 0 Å². The summed E-state index contributed by atoms with van der Waals surface area (Å²) in [5.41, 5.74) is 3.87. The summed E-state index contributed by atoms with van der Waals surface area (Å²) in [6, 6.07) is 19.0. The molecule has 0 unspecified atom stereocenters. The number of aryl methyl sites for hydroxylation is 1. The molecule has 0 amide bonds. The fraction of sp³-hybridized carbons (Fsp3) is 0.294. The molecule has 2 rings (SSSR count). The molecule has 2 aromatic rings. The third-order valence-electron chi connectivity index (χ3n) is 2.16. The highest BCUT2D eigenvalue weighted by Gasteiger charge is 1.93. The molecule has 94 valence electrons. The minimum absolute atomic E-state index is 0. The average Bonchev–Trinajstić information content (AvgIpc) is 2.34. The second kappa shape index (κ2) is 9.65. The molecule has 0 nitrogen and oxygen atoms in total. The molecule has 0 aliphatic carbocycles. The molecule has 0 aromatic heterocycles. The lowest BCUT2D eigenvalue weighted by atomic mass is 10.0. The van der Waals surface area contributed by atoms with Gasteiger partial charge in [-0.2, -0.15) is 0 Å². The summed E-state index contributed by atoms with van der Waals surface area (Å²) >= 11 is 0. The second-order valence-electron chi connectivity index (χ2n) is 3.23. The van der Waals surface area contributed by atoms with Crippen LogP contribution in [0, 0.1) is 6.92 Å². The van der Waals surface area contributed by atoms with Gasteiger partial charge in [-0.1, -0.05) is 88.9 Å². The zero-order chi connectivity index (χ0) is 11.1. The molecule has 0 aliphatic heterocycles. The van der Waals surface area contributed by atoms with Crippen molar-refractivity contribution < 1.29 is 0 Å². The Kier molecular flexibility index (Phi) is 10.1. The van der Waals surface area contributed by atoms with Gasteiger partial charge in [0, 0.05) is 0 Å². The van der Waals surface area contributed by atoms with Crippen molar-refractivity contribution in [3.8, 4) is 11.1 Å². The van der Waals surface area contributed by atoms with E-state index in [-0.39, 0.29) is 14.9 Å². The Balaban J connectivity index is 0. The summed E-state index contributed by atoms with van der Waals surface area (Å²) in [5.74, 6) is 0. The van der Waals surface area contributed by atoms with Gasteiger partial charge < -0.3 is 0 Å². The lowest BCUT2D eigenvalue weighted by Crippen LogP contribution is -1.76. The predicted octanol–water partition coefficient (Wildman–Crippen LogP) is 5.96. The van der Waals surface area contributed by atoms with Crippen LogP contribution in [0.4, 0.5) is 0 Å². The normalized spacial score (nSPS) is 7.94. The molecule has 0 aliphatic rings. The van der Waals surface area contributed by atoms with Gasteiger partial charge in [0.25, 0.3) is 0 Å². The number of hydrogen-bond donors (Lipinski definition) is 0. The van der Waals surface area contributed by atoms with Gasteiger partial charge in [-0.15, -0.1) is 0 Å². The first-order chi connectivity index (χ1) is 7.36. The van der Waals surface area contributed by atoms with Crippen LogP contribution in [0.2, 0.25) is 0 Å². The number of rotatable bonds is 1. The largest absolute Gasteiger partial charge is 0.0776 e. The summed E-state index contributed by atoms with van der Waals surface area (Å²) in [6.07, 6.45) is 0. The summed E-state index contributed by atoms with van der Waals surface area (Å²) in [4.78, 5) is 0. The minimum atomic E-state index is 0. The van der Waals surface area contributed by atoms with Crippen LogP contribution in [0.25, 0.3) is 11.1 Å². The van der Waals surface area contributed by atoms with Gasteiger partial charge in [0.05, 0.1) is 0 Å². The van der Waals surface area contributed by atoms with Crippen molar-refractivity contribution in [2.24, 2.45) is 0 Å². The summed E-state index contributed by atoms with van der Waals surface area (Å²) in [5, 5.41) is 0. The van der Waals surface area contributed by atoms with Gasteiger partial charge in [-0.25, -0.2) is 0 Å². The molecular formula is C17H26. The van der Waals surface area contributed by atoms with E-state index in [1.165, 1.54) is 16.7 Å². The third-order valence-corrected chi connectivity index (χ3v) is 2.16. The molecule has 0 spiro atoms. The Labute approximate surface area is 107 Å². The van der Waals surface area contributed by atoms with Crippen LogP contribution in [0.1, 0.15) is 34.3 Å². The van der Waals surface area contributed by atoms with Gasteiger partial charge in [-0.05, 0) is 18.1 Å². The molecule has 0 N–H and O–H groups in total. The quantitative estimate of drug-likeness (QED) is 0.567. The Bertz CT molecular complexity index is 371. The fourth-order valence-corrected chi connectivity index (χ4v) is 1.38. The molecule has 17 heavy (non-hydrogen) atoms. The zero-order valence-electron chi connectivity index (χ0n) is 9.70. The lowest BCUT2D eigenvalue weighted by molar-refractivity contribution is 1.47. The van der Waals surface area contributed by atoms with E-state index in [4.69, 9.17) is 0 Å². The van der Waals surface area contributed by atoms with Crippen molar-refractivity contribution in [1.29, 1.82) is 0 Å². The molecule has 0 fully saturated rings. The highest BCUT2D eigenvalue weighted by atomic mass is 14.0.